The van der Waals surface area contributed by atoms with Crippen LogP contribution in [0.2, 0.25) is 0 Å². The third kappa shape index (κ3) is 3.55. The molecular weight excluding hydrogens is 238 g/mol. The van der Waals surface area contributed by atoms with Gasteiger partial charge in [-0.1, -0.05) is 12.1 Å². The third-order valence-corrected chi connectivity index (χ3v) is 3.59. The first-order valence-electron chi connectivity index (χ1n) is 6.69. The molecule has 0 atom stereocenters. The van der Waals surface area contributed by atoms with Gasteiger partial charge in [0.15, 0.2) is 0 Å². The van der Waals surface area contributed by atoms with Gasteiger partial charge < -0.3 is 15.5 Å². The van der Waals surface area contributed by atoms with Gasteiger partial charge in [0.1, 0.15) is 0 Å². The van der Waals surface area contributed by atoms with Gasteiger partial charge in [0.05, 0.1) is 6.42 Å². The minimum Gasteiger partial charge on any atom is -0.326 e. The molecule has 0 saturated heterocycles. The van der Waals surface area contributed by atoms with E-state index in [4.69, 9.17) is 0 Å². The van der Waals surface area contributed by atoms with E-state index in [1.54, 1.807) is 0 Å². The zero-order chi connectivity index (χ0) is 14.0. The molecular formula is C15H23N3O. The van der Waals surface area contributed by atoms with Crippen LogP contribution in [0, 0.1) is 0 Å². The quantitative estimate of drug-likeness (QED) is 0.846. The molecule has 0 saturated carbocycles. The van der Waals surface area contributed by atoms with E-state index in [0.29, 0.717) is 6.42 Å². The lowest BCUT2D eigenvalue weighted by Crippen LogP contribution is -2.46. The number of nitrogens with one attached hydrogen (secondary N) is 2. The topological polar surface area (TPSA) is 44.4 Å². The first kappa shape index (κ1) is 14.0. The van der Waals surface area contributed by atoms with Gasteiger partial charge in [-0.3, -0.25) is 4.79 Å². The van der Waals surface area contributed by atoms with Crippen molar-refractivity contribution in [3.63, 3.8) is 0 Å². The van der Waals surface area contributed by atoms with Crippen molar-refractivity contribution in [2.75, 3.05) is 26.0 Å². The molecule has 0 unspecified atom stereocenters. The summed E-state index contributed by atoms with van der Waals surface area (Å²) in [4.78, 5) is 13.6. The maximum atomic E-state index is 11.3. The Bertz CT molecular complexity index is 482. The summed E-state index contributed by atoms with van der Waals surface area (Å²) in [5, 5.41) is 6.17. The average molecular weight is 261 g/mol. The normalized spacial score (nSPS) is 14.7. The Morgan fingerprint density at radius 3 is 2.84 bits per heavy atom. The molecule has 104 valence electrons. The Labute approximate surface area is 115 Å². The minimum atomic E-state index is 0.0943. The molecule has 19 heavy (non-hydrogen) atoms. The predicted octanol–water partition coefficient (Wildman–Crippen LogP) is 1.61. The summed E-state index contributed by atoms with van der Waals surface area (Å²) in [6.45, 7) is 6.24. The summed E-state index contributed by atoms with van der Waals surface area (Å²) in [5.74, 6) is 0.0943. The standard InChI is InChI=1S/C15H23N3O/c1-15(2,16-3)10-18(4)9-11-5-6-13-12(7-11)8-14(19)17-13/h5-7,16H,8-10H2,1-4H3,(H,17,19). The Balaban J connectivity index is 2.01. The lowest BCUT2D eigenvalue weighted by molar-refractivity contribution is -0.115. The van der Waals surface area contributed by atoms with Crippen molar-refractivity contribution in [2.24, 2.45) is 0 Å². The number of hydrogen-bond donors (Lipinski definition) is 2. The zero-order valence-electron chi connectivity index (χ0n) is 12.2. The number of nitrogens with zero attached hydrogens (tertiary/aromatic N) is 1. The second kappa shape index (κ2) is 5.31. The van der Waals surface area contributed by atoms with E-state index in [1.165, 1.54) is 5.56 Å². The molecule has 1 aromatic carbocycles. The monoisotopic (exact) mass is 261 g/mol. The summed E-state index contributed by atoms with van der Waals surface area (Å²) in [6.07, 6.45) is 0.509. The van der Waals surface area contributed by atoms with E-state index in [1.807, 2.05) is 13.1 Å². The maximum absolute atomic E-state index is 11.3. The number of anilines is 1. The van der Waals surface area contributed by atoms with Crippen molar-refractivity contribution in [2.45, 2.75) is 32.4 Å². The lowest BCUT2D eigenvalue weighted by Gasteiger charge is -2.30. The SMILES string of the molecule is CNC(C)(C)CN(C)Cc1ccc2c(c1)CC(=O)N2. The zero-order valence-corrected chi connectivity index (χ0v) is 12.2. The van der Waals surface area contributed by atoms with Crippen molar-refractivity contribution in [1.29, 1.82) is 0 Å². The van der Waals surface area contributed by atoms with E-state index in [9.17, 15) is 4.79 Å². The van der Waals surface area contributed by atoms with E-state index in [2.05, 4.69) is 48.6 Å². The van der Waals surface area contributed by atoms with Gasteiger partial charge in [-0.05, 0) is 45.1 Å². The van der Waals surface area contributed by atoms with Crippen LogP contribution in [0.3, 0.4) is 0 Å². The minimum absolute atomic E-state index is 0.0943. The van der Waals surface area contributed by atoms with Gasteiger partial charge in [0, 0.05) is 24.3 Å². The molecule has 0 aromatic heterocycles. The number of carbonyl (C=O) groups excluding carboxylic acids is 1. The Morgan fingerprint density at radius 2 is 2.16 bits per heavy atom. The molecule has 0 spiro atoms. The first-order chi connectivity index (χ1) is 8.89. The van der Waals surface area contributed by atoms with E-state index < -0.39 is 0 Å². The van der Waals surface area contributed by atoms with Gasteiger partial charge in [-0.25, -0.2) is 0 Å². The van der Waals surface area contributed by atoms with Crippen LogP contribution < -0.4 is 10.6 Å². The summed E-state index contributed by atoms with van der Waals surface area (Å²) in [7, 11) is 4.11. The highest BCUT2D eigenvalue weighted by Crippen LogP contribution is 2.24. The van der Waals surface area contributed by atoms with Crippen LogP contribution in [0.4, 0.5) is 5.69 Å². The van der Waals surface area contributed by atoms with Crippen molar-refractivity contribution >= 4 is 11.6 Å². The molecule has 4 heteroatoms. The van der Waals surface area contributed by atoms with Crippen LogP contribution in [0.5, 0.6) is 0 Å². The smallest absolute Gasteiger partial charge is 0.228 e. The van der Waals surface area contributed by atoms with Gasteiger partial charge in [0.25, 0.3) is 0 Å². The molecule has 4 nitrogen and oxygen atoms in total. The number of amides is 1. The van der Waals surface area contributed by atoms with Gasteiger partial charge in [0.2, 0.25) is 5.91 Å². The highest BCUT2D eigenvalue weighted by molar-refractivity contribution is 5.99. The number of hydrogen-bond acceptors (Lipinski definition) is 3. The second-order valence-corrected chi connectivity index (χ2v) is 6.02. The van der Waals surface area contributed by atoms with Crippen molar-refractivity contribution < 1.29 is 4.79 Å². The molecule has 0 aliphatic carbocycles. The highest BCUT2D eigenvalue weighted by Gasteiger charge is 2.19. The molecule has 2 rings (SSSR count). The fourth-order valence-electron chi connectivity index (χ4n) is 2.50. The fraction of sp³-hybridized carbons (Fsp3) is 0.533. The Kier molecular flexibility index (Phi) is 3.92. The molecule has 0 fully saturated rings. The van der Waals surface area contributed by atoms with Crippen molar-refractivity contribution in [1.82, 2.24) is 10.2 Å². The largest absolute Gasteiger partial charge is 0.326 e. The predicted molar refractivity (Wildman–Crippen MR) is 78.2 cm³/mol. The average Bonchev–Trinajstić information content (AvgIpc) is 2.67. The van der Waals surface area contributed by atoms with E-state index >= 15 is 0 Å². The van der Waals surface area contributed by atoms with E-state index in [0.717, 1.165) is 24.3 Å². The summed E-state index contributed by atoms with van der Waals surface area (Å²) < 4.78 is 0. The van der Waals surface area contributed by atoms with Crippen LogP contribution in [0.1, 0.15) is 25.0 Å². The fourth-order valence-corrected chi connectivity index (χ4v) is 2.50. The van der Waals surface area contributed by atoms with Crippen molar-refractivity contribution in [3.8, 4) is 0 Å². The molecule has 1 aromatic rings. The first-order valence-corrected chi connectivity index (χ1v) is 6.69. The molecule has 1 aliphatic rings. The lowest BCUT2D eigenvalue weighted by atomic mass is 10.0. The van der Waals surface area contributed by atoms with Gasteiger partial charge in [-0.15, -0.1) is 0 Å². The number of fused-ring (bicyclic) bond motifs is 1. The highest BCUT2D eigenvalue weighted by atomic mass is 16.1. The maximum Gasteiger partial charge on any atom is 0.228 e. The van der Waals surface area contributed by atoms with Crippen LogP contribution in [-0.4, -0.2) is 37.0 Å². The van der Waals surface area contributed by atoms with Crippen LogP contribution >= 0.6 is 0 Å². The second-order valence-electron chi connectivity index (χ2n) is 6.02. The van der Waals surface area contributed by atoms with Crippen LogP contribution in [0.15, 0.2) is 18.2 Å². The summed E-state index contributed by atoms with van der Waals surface area (Å²) >= 11 is 0. The molecule has 0 radical (unpaired) electrons. The summed E-state index contributed by atoms with van der Waals surface area (Å²) in [5.41, 5.74) is 3.43. The number of benzene rings is 1. The number of carbonyl (C=O) groups is 1. The molecule has 1 heterocycles. The van der Waals surface area contributed by atoms with E-state index in [-0.39, 0.29) is 11.4 Å². The number of rotatable bonds is 5. The molecule has 1 amide bonds. The Hall–Kier alpha value is -1.39. The summed E-state index contributed by atoms with van der Waals surface area (Å²) in [6, 6.07) is 6.23. The van der Waals surface area contributed by atoms with Crippen molar-refractivity contribution in [3.05, 3.63) is 29.3 Å². The molecule has 0 bridgehead atoms. The van der Waals surface area contributed by atoms with Crippen LogP contribution in [0.25, 0.3) is 0 Å². The van der Waals surface area contributed by atoms with Gasteiger partial charge >= 0.3 is 0 Å². The number of likely N-dealkylation sites (N-methyl/N-ethyl adjacent to an activating group) is 2. The molecule has 2 N–H and O–H groups in total. The van der Waals surface area contributed by atoms with Crippen LogP contribution in [-0.2, 0) is 17.8 Å². The third-order valence-electron chi connectivity index (χ3n) is 3.59. The molecule has 1 aliphatic heterocycles. The Morgan fingerprint density at radius 1 is 1.42 bits per heavy atom. The van der Waals surface area contributed by atoms with Gasteiger partial charge in [-0.2, -0.15) is 0 Å².